The molecule has 28 heavy (non-hydrogen) atoms. The topological polar surface area (TPSA) is 38.3 Å². The average Bonchev–Trinajstić information content (AvgIpc) is 2.64. The molecule has 0 aliphatic heterocycles. The third kappa shape index (κ3) is 6.16. The van der Waals surface area contributed by atoms with Crippen molar-refractivity contribution in [1.29, 1.82) is 0 Å². The second-order valence-electron chi connectivity index (χ2n) is 7.09. The zero-order valence-electron chi connectivity index (χ0n) is 15.1. The summed E-state index contributed by atoms with van der Waals surface area (Å²) >= 11 is 5.84. The van der Waals surface area contributed by atoms with Gasteiger partial charge in [-0.3, -0.25) is 4.79 Å². The summed E-state index contributed by atoms with van der Waals surface area (Å²) in [5, 5.41) is 3.50. The Bertz CT molecular complexity index is 783. The normalized spacial score (nSPS) is 19.9. The van der Waals surface area contributed by atoms with Crippen molar-refractivity contribution in [1.82, 2.24) is 0 Å². The zero-order chi connectivity index (χ0) is 20.1. The maximum absolute atomic E-state index is 12.2. The van der Waals surface area contributed by atoms with E-state index in [-0.39, 0.29) is 11.7 Å². The van der Waals surface area contributed by atoms with E-state index in [1.54, 1.807) is 36.4 Å². The first-order valence-electron chi connectivity index (χ1n) is 9.19. The molecule has 1 aliphatic carbocycles. The molecule has 1 N–H and O–H groups in total. The van der Waals surface area contributed by atoms with Gasteiger partial charge in [0.2, 0.25) is 5.91 Å². The smallest absolute Gasteiger partial charge is 0.406 e. The lowest BCUT2D eigenvalue weighted by Crippen LogP contribution is -2.20. The lowest BCUT2D eigenvalue weighted by Gasteiger charge is -2.28. The molecule has 1 saturated carbocycles. The molecule has 2 aromatic rings. The number of hydrogen-bond donors (Lipinski definition) is 1. The largest absolute Gasteiger partial charge is 0.573 e. The van der Waals surface area contributed by atoms with Gasteiger partial charge in [-0.25, -0.2) is 0 Å². The van der Waals surface area contributed by atoms with Gasteiger partial charge in [0, 0.05) is 17.1 Å². The van der Waals surface area contributed by atoms with Gasteiger partial charge in [-0.05, 0) is 79.5 Å². The van der Waals surface area contributed by atoms with Crippen LogP contribution in [0, 0.1) is 5.92 Å². The van der Waals surface area contributed by atoms with Crippen LogP contribution in [0.4, 0.5) is 18.9 Å². The number of alkyl halides is 3. The number of benzene rings is 2. The van der Waals surface area contributed by atoms with Crippen LogP contribution in [0.5, 0.6) is 5.75 Å². The Morgan fingerprint density at radius 1 is 1.00 bits per heavy atom. The second kappa shape index (κ2) is 8.86. The van der Waals surface area contributed by atoms with Gasteiger partial charge < -0.3 is 10.1 Å². The molecule has 0 heterocycles. The standard InChI is InChI=1S/C21H21ClF3NO2/c22-17-7-9-18(10-8-17)26-20(27)13-14-1-3-15(4-2-14)16-5-11-19(12-6-16)28-21(23,24)25/h5-12,14-15H,1-4,13H2,(H,26,27)/t14-,15-. The monoisotopic (exact) mass is 411 g/mol. The van der Waals surface area contributed by atoms with E-state index in [0.29, 0.717) is 23.3 Å². The SMILES string of the molecule is O=C(C[C@H]1CC[C@H](c2ccc(OC(F)(F)F)cc2)CC1)Nc1ccc(Cl)cc1. The van der Waals surface area contributed by atoms with Crippen LogP contribution in [0.2, 0.25) is 5.02 Å². The third-order valence-corrected chi connectivity index (χ3v) is 5.29. The highest BCUT2D eigenvalue weighted by molar-refractivity contribution is 6.30. The summed E-state index contributed by atoms with van der Waals surface area (Å²) in [6, 6.07) is 13.1. The maximum Gasteiger partial charge on any atom is 0.573 e. The van der Waals surface area contributed by atoms with Crippen molar-refractivity contribution in [3.8, 4) is 5.75 Å². The molecular formula is C21H21ClF3NO2. The number of nitrogens with one attached hydrogen (secondary N) is 1. The summed E-state index contributed by atoms with van der Waals surface area (Å²) in [5.41, 5.74) is 1.74. The first-order chi connectivity index (χ1) is 13.3. The van der Waals surface area contributed by atoms with Crippen molar-refractivity contribution in [2.24, 2.45) is 5.92 Å². The molecule has 2 aromatic carbocycles. The Labute approximate surface area is 166 Å². The molecule has 1 fully saturated rings. The highest BCUT2D eigenvalue weighted by Gasteiger charge is 2.31. The molecule has 0 radical (unpaired) electrons. The predicted octanol–water partition coefficient (Wildman–Crippen LogP) is 6.54. The van der Waals surface area contributed by atoms with Crippen LogP contribution < -0.4 is 10.1 Å². The summed E-state index contributed by atoms with van der Waals surface area (Å²) in [7, 11) is 0. The number of ether oxygens (including phenoxy) is 1. The van der Waals surface area contributed by atoms with Crippen LogP contribution in [-0.4, -0.2) is 12.3 Å². The van der Waals surface area contributed by atoms with Gasteiger partial charge in [-0.2, -0.15) is 0 Å². The molecule has 0 aromatic heterocycles. The van der Waals surface area contributed by atoms with Gasteiger partial charge in [0.1, 0.15) is 5.75 Å². The number of carbonyl (C=O) groups excluding carboxylic acids is 1. The highest BCUT2D eigenvalue weighted by Crippen LogP contribution is 2.38. The Balaban J connectivity index is 1.46. The lowest BCUT2D eigenvalue weighted by atomic mass is 9.77. The highest BCUT2D eigenvalue weighted by atomic mass is 35.5. The summed E-state index contributed by atoms with van der Waals surface area (Å²) in [4.78, 5) is 12.2. The Morgan fingerprint density at radius 3 is 2.18 bits per heavy atom. The molecule has 1 aliphatic rings. The van der Waals surface area contributed by atoms with Crippen LogP contribution in [0.15, 0.2) is 48.5 Å². The maximum atomic E-state index is 12.2. The van der Waals surface area contributed by atoms with Crippen molar-refractivity contribution in [2.45, 2.75) is 44.4 Å². The fourth-order valence-corrected chi connectivity index (χ4v) is 3.77. The molecule has 3 nitrogen and oxygen atoms in total. The van der Waals surface area contributed by atoms with Crippen molar-refractivity contribution < 1.29 is 22.7 Å². The van der Waals surface area contributed by atoms with E-state index in [2.05, 4.69) is 10.1 Å². The third-order valence-electron chi connectivity index (χ3n) is 5.03. The van der Waals surface area contributed by atoms with Crippen molar-refractivity contribution >= 4 is 23.2 Å². The van der Waals surface area contributed by atoms with Gasteiger partial charge in [0.25, 0.3) is 0 Å². The van der Waals surface area contributed by atoms with E-state index >= 15 is 0 Å². The summed E-state index contributed by atoms with van der Waals surface area (Å²) in [6.45, 7) is 0. The first kappa shape index (κ1) is 20.5. The molecule has 0 unspecified atom stereocenters. The molecule has 7 heteroatoms. The lowest BCUT2D eigenvalue weighted by molar-refractivity contribution is -0.274. The molecule has 0 atom stereocenters. The number of rotatable bonds is 5. The number of hydrogen-bond acceptors (Lipinski definition) is 2. The van der Waals surface area contributed by atoms with Gasteiger partial charge in [0.05, 0.1) is 0 Å². The fraction of sp³-hybridized carbons (Fsp3) is 0.381. The van der Waals surface area contributed by atoms with E-state index in [1.807, 2.05) is 0 Å². The van der Waals surface area contributed by atoms with E-state index in [1.165, 1.54) is 12.1 Å². The van der Waals surface area contributed by atoms with Crippen molar-refractivity contribution in [3.05, 3.63) is 59.1 Å². The van der Waals surface area contributed by atoms with Crippen LogP contribution in [0.25, 0.3) is 0 Å². The number of anilines is 1. The molecule has 150 valence electrons. The molecule has 0 saturated heterocycles. The van der Waals surface area contributed by atoms with Crippen LogP contribution in [0.1, 0.15) is 43.6 Å². The van der Waals surface area contributed by atoms with Crippen LogP contribution >= 0.6 is 11.6 Å². The predicted molar refractivity (Wildman–Crippen MR) is 103 cm³/mol. The van der Waals surface area contributed by atoms with E-state index < -0.39 is 6.36 Å². The minimum absolute atomic E-state index is 0.0144. The van der Waals surface area contributed by atoms with Gasteiger partial charge in [-0.1, -0.05) is 23.7 Å². The van der Waals surface area contributed by atoms with Crippen LogP contribution in [0.3, 0.4) is 0 Å². The minimum atomic E-state index is -4.67. The van der Waals surface area contributed by atoms with E-state index in [0.717, 1.165) is 36.9 Å². The van der Waals surface area contributed by atoms with E-state index in [9.17, 15) is 18.0 Å². The molecule has 0 spiro atoms. The van der Waals surface area contributed by atoms with Crippen LogP contribution in [-0.2, 0) is 4.79 Å². The zero-order valence-corrected chi connectivity index (χ0v) is 15.9. The molecule has 0 bridgehead atoms. The Hall–Kier alpha value is -2.21. The molecule has 1 amide bonds. The summed E-state index contributed by atoms with van der Waals surface area (Å²) in [6.07, 6.45) is -0.546. The number of carbonyl (C=O) groups is 1. The van der Waals surface area contributed by atoms with E-state index in [4.69, 9.17) is 11.6 Å². The Kier molecular flexibility index (Phi) is 6.50. The fourth-order valence-electron chi connectivity index (χ4n) is 3.65. The molecule has 3 rings (SSSR count). The number of halogens is 4. The summed E-state index contributed by atoms with van der Waals surface area (Å²) in [5.74, 6) is 0.398. The quantitative estimate of drug-likeness (QED) is 0.606. The van der Waals surface area contributed by atoms with Crippen molar-refractivity contribution in [3.63, 3.8) is 0 Å². The molecular weight excluding hydrogens is 391 g/mol. The Morgan fingerprint density at radius 2 is 1.61 bits per heavy atom. The first-order valence-corrected chi connectivity index (χ1v) is 9.57. The summed E-state index contributed by atoms with van der Waals surface area (Å²) < 4.78 is 40.6. The average molecular weight is 412 g/mol. The number of amides is 1. The second-order valence-corrected chi connectivity index (χ2v) is 7.53. The van der Waals surface area contributed by atoms with Crippen molar-refractivity contribution in [2.75, 3.05) is 5.32 Å². The minimum Gasteiger partial charge on any atom is -0.406 e. The van der Waals surface area contributed by atoms with Gasteiger partial charge in [-0.15, -0.1) is 13.2 Å². The van der Waals surface area contributed by atoms with Gasteiger partial charge >= 0.3 is 6.36 Å². The van der Waals surface area contributed by atoms with Gasteiger partial charge in [0.15, 0.2) is 0 Å².